The Kier molecular flexibility index (Phi) is 3.67. The van der Waals surface area contributed by atoms with Gasteiger partial charge in [-0.1, -0.05) is 0 Å². The molecule has 0 aliphatic heterocycles. The molecule has 10 heteroatoms. The van der Waals surface area contributed by atoms with Gasteiger partial charge in [-0.3, -0.25) is 10.1 Å². The fourth-order valence-corrected chi connectivity index (χ4v) is 1.21. The Labute approximate surface area is 96.3 Å². The second kappa shape index (κ2) is 4.70. The predicted molar refractivity (Wildman–Crippen MR) is 47.4 cm³/mol. The minimum Gasteiger partial charge on any atom is -0.481 e. The van der Waals surface area contributed by atoms with E-state index in [2.05, 4.69) is 9.72 Å². The van der Waals surface area contributed by atoms with Gasteiger partial charge in [-0.15, -0.1) is 0 Å². The van der Waals surface area contributed by atoms with Gasteiger partial charge < -0.3 is 4.74 Å². The molecule has 1 rings (SSSR count). The first-order chi connectivity index (χ1) is 8.18. The van der Waals surface area contributed by atoms with Crippen LogP contribution in [0.5, 0.6) is 5.88 Å². The van der Waals surface area contributed by atoms with Gasteiger partial charge in [-0.05, 0) is 0 Å². The highest BCUT2D eigenvalue weighted by Crippen LogP contribution is 2.41. The summed E-state index contributed by atoms with van der Waals surface area (Å²) in [5, 5.41) is 10.5. The minimum atomic E-state index is -5.24. The number of alkyl halides is 5. The number of rotatable bonds is 3. The number of hydrogen-bond donors (Lipinski definition) is 0. The Balaban J connectivity index is 3.66. The highest BCUT2D eigenvalue weighted by Gasteiger charge is 2.42. The Hall–Kier alpha value is -2.00. The fraction of sp³-hybridized carbons (Fsp3) is 0.375. The van der Waals surface area contributed by atoms with Crippen molar-refractivity contribution < 1.29 is 31.6 Å². The van der Waals surface area contributed by atoms with Crippen molar-refractivity contribution in [3.8, 4) is 5.88 Å². The van der Waals surface area contributed by atoms with Gasteiger partial charge in [0, 0.05) is 0 Å². The summed E-state index contributed by atoms with van der Waals surface area (Å²) in [4.78, 5) is 11.9. The van der Waals surface area contributed by atoms with Crippen molar-refractivity contribution >= 4 is 5.69 Å². The van der Waals surface area contributed by atoms with Gasteiger partial charge in [-0.25, -0.2) is 13.8 Å². The Morgan fingerprint density at radius 3 is 2.33 bits per heavy atom. The third-order valence-electron chi connectivity index (χ3n) is 1.91. The number of nitrogens with zero attached hydrogens (tertiary/aromatic N) is 2. The third kappa shape index (κ3) is 2.63. The van der Waals surface area contributed by atoms with E-state index in [9.17, 15) is 32.1 Å². The van der Waals surface area contributed by atoms with Crippen LogP contribution in [0.25, 0.3) is 0 Å². The van der Waals surface area contributed by atoms with Crippen molar-refractivity contribution in [3.05, 3.63) is 27.4 Å². The lowest BCUT2D eigenvalue weighted by molar-refractivity contribution is -0.386. The van der Waals surface area contributed by atoms with E-state index in [4.69, 9.17) is 0 Å². The number of pyridine rings is 1. The monoisotopic (exact) mass is 272 g/mol. The van der Waals surface area contributed by atoms with Gasteiger partial charge in [0.25, 0.3) is 12.1 Å². The molecule has 0 fully saturated rings. The number of nitro groups is 1. The summed E-state index contributed by atoms with van der Waals surface area (Å²) >= 11 is 0. The second-order valence-electron chi connectivity index (χ2n) is 3.00. The second-order valence-corrected chi connectivity index (χ2v) is 3.00. The number of ether oxygens (including phenoxy) is 1. The largest absolute Gasteiger partial charge is 0.481 e. The van der Waals surface area contributed by atoms with Gasteiger partial charge in [0.15, 0.2) is 5.69 Å². The van der Waals surface area contributed by atoms with Crippen LogP contribution in [0.2, 0.25) is 0 Å². The lowest BCUT2D eigenvalue weighted by atomic mass is 10.1. The van der Waals surface area contributed by atoms with Crippen molar-refractivity contribution in [2.24, 2.45) is 0 Å². The Morgan fingerprint density at radius 1 is 1.44 bits per heavy atom. The first-order valence-electron chi connectivity index (χ1n) is 4.27. The van der Waals surface area contributed by atoms with E-state index in [1.807, 2.05) is 0 Å². The van der Waals surface area contributed by atoms with E-state index in [-0.39, 0.29) is 0 Å². The van der Waals surface area contributed by atoms with Gasteiger partial charge in [-0.2, -0.15) is 13.2 Å². The van der Waals surface area contributed by atoms with E-state index in [1.165, 1.54) is 0 Å². The summed E-state index contributed by atoms with van der Waals surface area (Å²) in [6.07, 6.45) is -8.93. The van der Waals surface area contributed by atoms with Crippen LogP contribution >= 0.6 is 0 Å². The molecular weight excluding hydrogens is 267 g/mol. The number of aromatic nitrogens is 1. The lowest BCUT2D eigenvalue weighted by Crippen LogP contribution is -2.15. The van der Waals surface area contributed by atoms with Crippen molar-refractivity contribution in [1.29, 1.82) is 0 Å². The summed E-state index contributed by atoms with van der Waals surface area (Å²) in [6, 6.07) is 0.413. The molecular formula is C8H5F5N2O3. The molecule has 0 aliphatic carbocycles. The SMILES string of the molecule is COc1cc([N+](=O)[O-])c(C(F)F)c(C(F)(F)F)n1. The maximum absolute atomic E-state index is 12.5. The highest BCUT2D eigenvalue weighted by atomic mass is 19.4. The zero-order valence-electron chi connectivity index (χ0n) is 8.66. The van der Waals surface area contributed by atoms with Crippen LogP contribution in [0.1, 0.15) is 17.7 Å². The molecule has 0 atom stereocenters. The average Bonchev–Trinajstić information content (AvgIpc) is 2.25. The molecule has 1 aromatic rings. The molecule has 100 valence electrons. The van der Waals surface area contributed by atoms with Crippen LogP contribution in [0.4, 0.5) is 27.6 Å². The number of hydrogen-bond acceptors (Lipinski definition) is 4. The molecule has 0 bridgehead atoms. The Bertz CT molecular complexity index is 475. The summed E-state index contributed by atoms with van der Waals surface area (Å²) < 4.78 is 66.9. The van der Waals surface area contributed by atoms with Crippen LogP contribution in [0.3, 0.4) is 0 Å². The first kappa shape index (κ1) is 14.1. The van der Waals surface area contributed by atoms with Crippen molar-refractivity contribution in [3.63, 3.8) is 0 Å². The van der Waals surface area contributed by atoms with Crippen LogP contribution in [-0.2, 0) is 6.18 Å². The Morgan fingerprint density at radius 2 is 2.00 bits per heavy atom. The first-order valence-corrected chi connectivity index (χ1v) is 4.27. The maximum Gasteiger partial charge on any atom is 0.434 e. The van der Waals surface area contributed by atoms with Gasteiger partial charge in [0.2, 0.25) is 5.88 Å². The summed E-state index contributed by atoms with van der Waals surface area (Å²) in [5.74, 6) is -0.765. The molecule has 0 amide bonds. The van der Waals surface area contributed by atoms with Crippen LogP contribution in [-0.4, -0.2) is 17.0 Å². The molecule has 0 radical (unpaired) electrons. The van der Waals surface area contributed by atoms with Crippen molar-refractivity contribution in [1.82, 2.24) is 4.98 Å². The van der Waals surface area contributed by atoms with E-state index >= 15 is 0 Å². The van der Waals surface area contributed by atoms with Gasteiger partial charge >= 0.3 is 6.18 Å². The molecule has 18 heavy (non-hydrogen) atoms. The highest BCUT2D eigenvalue weighted by molar-refractivity contribution is 5.47. The standard InChI is InChI=1S/C8H5F5N2O3/c1-18-4-2-3(15(16)17)5(7(9)10)6(14-4)8(11,12)13/h2,7H,1H3. The molecule has 1 heterocycles. The van der Waals surface area contributed by atoms with E-state index < -0.39 is 40.3 Å². The van der Waals surface area contributed by atoms with E-state index in [1.54, 1.807) is 0 Å². The smallest absolute Gasteiger partial charge is 0.434 e. The number of methoxy groups -OCH3 is 1. The molecule has 0 spiro atoms. The summed E-state index contributed by atoms with van der Waals surface area (Å²) in [6.45, 7) is 0. The molecule has 0 saturated carbocycles. The zero-order valence-corrected chi connectivity index (χ0v) is 8.66. The molecule has 1 aromatic heterocycles. The summed E-state index contributed by atoms with van der Waals surface area (Å²) in [7, 11) is 0.911. The molecule has 0 N–H and O–H groups in total. The molecule has 0 saturated heterocycles. The maximum atomic E-state index is 12.5. The van der Waals surface area contributed by atoms with Gasteiger partial charge in [0.05, 0.1) is 18.1 Å². The van der Waals surface area contributed by atoms with Gasteiger partial charge in [0.1, 0.15) is 5.56 Å². The van der Waals surface area contributed by atoms with E-state index in [0.29, 0.717) is 6.07 Å². The fourth-order valence-electron chi connectivity index (χ4n) is 1.21. The third-order valence-corrected chi connectivity index (χ3v) is 1.91. The predicted octanol–water partition coefficient (Wildman–Crippen LogP) is 2.95. The van der Waals surface area contributed by atoms with Crippen LogP contribution in [0.15, 0.2) is 6.07 Å². The lowest BCUT2D eigenvalue weighted by Gasteiger charge is -2.12. The molecule has 0 aliphatic rings. The van der Waals surface area contributed by atoms with Crippen molar-refractivity contribution in [2.45, 2.75) is 12.6 Å². The quantitative estimate of drug-likeness (QED) is 0.482. The van der Waals surface area contributed by atoms with Crippen LogP contribution < -0.4 is 4.74 Å². The topological polar surface area (TPSA) is 65.3 Å². The van der Waals surface area contributed by atoms with Crippen molar-refractivity contribution in [2.75, 3.05) is 7.11 Å². The molecule has 0 unspecified atom stereocenters. The molecule has 0 aromatic carbocycles. The normalized spacial score (nSPS) is 11.7. The number of halogens is 5. The molecule has 5 nitrogen and oxygen atoms in total. The van der Waals surface area contributed by atoms with E-state index in [0.717, 1.165) is 7.11 Å². The van der Waals surface area contributed by atoms with Crippen LogP contribution in [0, 0.1) is 10.1 Å². The zero-order chi connectivity index (χ0) is 14.1. The average molecular weight is 272 g/mol. The minimum absolute atomic E-state index is 0.413. The summed E-state index contributed by atoms with van der Waals surface area (Å²) in [5.41, 5.74) is -5.18.